The van der Waals surface area contributed by atoms with Crippen LogP contribution in [0.15, 0.2) is 0 Å². The Kier molecular flexibility index (Phi) is 6.03. The Morgan fingerprint density at radius 1 is 1.31 bits per heavy atom. The number of aliphatic hydroxyl groups is 1. The maximum atomic E-state index is 11.5. The van der Waals surface area contributed by atoms with Crippen molar-refractivity contribution in [1.29, 1.82) is 0 Å². The molecule has 0 saturated heterocycles. The van der Waals surface area contributed by atoms with E-state index < -0.39 is 10.0 Å². The molecule has 0 radical (unpaired) electrons. The molecule has 4 nitrogen and oxygen atoms in total. The van der Waals surface area contributed by atoms with Crippen molar-refractivity contribution < 1.29 is 13.5 Å². The van der Waals surface area contributed by atoms with Crippen molar-refractivity contribution in [1.82, 2.24) is 4.72 Å². The van der Waals surface area contributed by atoms with Gasteiger partial charge in [0.15, 0.2) is 0 Å². The minimum atomic E-state index is -3.15. The first kappa shape index (κ1) is 14.2. The van der Waals surface area contributed by atoms with Crippen molar-refractivity contribution in [2.24, 2.45) is 5.92 Å². The minimum absolute atomic E-state index is 0.148. The van der Waals surface area contributed by atoms with E-state index in [-0.39, 0.29) is 17.8 Å². The summed E-state index contributed by atoms with van der Waals surface area (Å²) in [5.41, 5.74) is 0. The van der Waals surface area contributed by atoms with E-state index >= 15 is 0 Å². The fraction of sp³-hybridized carbons (Fsp3) is 1.00. The van der Waals surface area contributed by atoms with Crippen LogP contribution in [0.4, 0.5) is 0 Å². The molecule has 1 aliphatic carbocycles. The normalized spacial score (nSPS) is 26.1. The molecule has 0 aromatic carbocycles. The Bertz CT molecular complexity index is 294. The van der Waals surface area contributed by atoms with Crippen LogP contribution in [0.3, 0.4) is 0 Å². The second kappa shape index (κ2) is 6.79. The fourth-order valence-electron chi connectivity index (χ4n) is 1.94. The van der Waals surface area contributed by atoms with Crippen molar-refractivity contribution >= 4 is 21.6 Å². The zero-order chi connectivity index (χ0) is 12.0. The van der Waals surface area contributed by atoms with E-state index in [9.17, 15) is 13.5 Å². The van der Waals surface area contributed by atoms with Gasteiger partial charge in [-0.3, -0.25) is 0 Å². The molecule has 2 atom stereocenters. The average molecular weight is 270 g/mol. The van der Waals surface area contributed by atoms with Crippen LogP contribution in [0.25, 0.3) is 0 Å². The van der Waals surface area contributed by atoms with Crippen LogP contribution in [0.1, 0.15) is 32.1 Å². The van der Waals surface area contributed by atoms with Gasteiger partial charge in [0.25, 0.3) is 0 Å². The summed E-state index contributed by atoms with van der Waals surface area (Å²) in [7, 11) is -3.15. The van der Waals surface area contributed by atoms with Gasteiger partial charge in [0.2, 0.25) is 10.0 Å². The first-order valence-corrected chi connectivity index (χ1v) is 7.93. The van der Waals surface area contributed by atoms with Crippen LogP contribution in [0.2, 0.25) is 0 Å². The van der Waals surface area contributed by atoms with E-state index in [4.69, 9.17) is 11.6 Å². The Labute approximate surface area is 102 Å². The molecule has 1 fully saturated rings. The molecule has 6 heteroatoms. The Morgan fingerprint density at radius 2 is 2.06 bits per heavy atom. The lowest BCUT2D eigenvalue weighted by molar-refractivity contribution is 0.178. The third-order valence-electron chi connectivity index (χ3n) is 2.90. The molecule has 16 heavy (non-hydrogen) atoms. The molecule has 0 bridgehead atoms. The van der Waals surface area contributed by atoms with Gasteiger partial charge in [0, 0.05) is 12.4 Å². The predicted molar refractivity (Wildman–Crippen MR) is 65.1 cm³/mol. The Morgan fingerprint density at radius 3 is 2.62 bits per heavy atom. The van der Waals surface area contributed by atoms with E-state index in [1.165, 1.54) is 0 Å². The summed E-state index contributed by atoms with van der Waals surface area (Å²) >= 11 is 5.48. The van der Waals surface area contributed by atoms with Crippen LogP contribution in [-0.2, 0) is 10.0 Å². The number of hydrogen-bond acceptors (Lipinski definition) is 3. The molecule has 0 spiro atoms. The van der Waals surface area contributed by atoms with Crippen molar-refractivity contribution in [3.05, 3.63) is 0 Å². The van der Waals surface area contributed by atoms with Gasteiger partial charge in [0.1, 0.15) is 0 Å². The molecule has 0 aromatic heterocycles. The average Bonchev–Trinajstić information content (AvgIpc) is 2.62. The van der Waals surface area contributed by atoms with Crippen LogP contribution >= 0.6 is 11.6 Å². The maximum Gasteiger partial charge on any atom is 0.211 e. The summed E-state index contributed by atoms with van der Waals surface area (Å²) in [6.07, 6.45) is 3.50. The first-order chi connectivity index (χ1) is 7.53. The monoisotopic (exact) mass is 269 g/mol. The minimum Gasteiger partial charge on any atom is -0.393 e. The number of halogens is 1. The molecule has 2 N–H and O–H groups in total. The summed E-state index contributed by atoms with van der Waals surface area (Å²) in [6, 6.07) is 0. The molecular weight excluding hydrogens is 250 g/mol. The molecule has 96 valence electrons. The zero-order valence-electron chi connectivity index (χ0n) is 9.36. The SMILES string of the molecule is O=S(=O)(CCCCCl)NCC1CCC(O)C1. The highest BCUT2D eigenvalue weighted by molar-refractivity contribution is 7.89. The van der Waals surface area contributed by atoms with Crippen molar-refractivity contribution in [2.45, 2.75) is 38.2 Å². The summed E-state index contributed by atoms with van der Waals surface area (Å²) in [6.45, 7) is 0.459. The van der Waals surface area contributed by atoms with E-state index in [0.29, 0.717) is 25.3 Å². The lowest BCUT2D eigenvalue weighted by Gasteiger charge is -2.11. The summed E-state index contributed by atoms with van der Waals surface area (Å²) in [5.74, 6) is 0.942. The lowest BCUT2D eigenvalue weighted by atomic mass is 10.1. The standard InChI is InChI=1S/C10H20ClNO3S/c11-5-1-2-6-16(14,15)12-8-9-3-4-10(13)7-9/h9-10,12-13H,1-8H2. The number of nitrogens with one attached hydrogen (secondary N) is 1. The predicted octanol–water partition coefficient (Wildman–Crippen LogP) is 1.09. The first-order valence-electron chi connectivity index (χ1n) is 5.75. The van der Waals surface area contributed by atoms with Crippen molar-refractivity contribution in [3.63, 3.8) is 0 Å². The van der Waals surface area contributed by atoms with E-state index in [2.05, 4.69) is 4.72 Å². The largest absolute Gasteiger partial charge is 0.393 e. The summed E-state index contributed by atoms with van der Waals surface area (Å²) in [5, 5.41) is 9.31. The molecule has 2 unspecified atom stereocenters. The van der Waals surface area contributed by atoms with Gasteiger partial charge >= 0.3 is 0 Å². The van der Waals surface area contributed by atoms with Crippen LogP contribution in [0, 0.1) is 5.92 Å². The van der Waals surface area contributed by atoms with Crippen LogP contribution in [-0.4, -0.2) is 37.8 Å². The van der Waals surface area contributed by atoms with Gasteiger partial charge in [0.05, 0.1) is 11.9 Å². The number of unbranched alkanes of at least 4 members (excludes halogenated alkanes) is 1. The summed E-state index contributed by atoms with van der Waals surface area (Å²) < 4.78 is 25.7. The highest BCUT2D eigenvalue weighted by Crippen LogP contribution is 2.24. The second-order valence-electron chi connectivity index (χ2n) is 4.40. The Balaban J connectivity index is 2.20. The van der Waals surface area contributed by atoms with Gasteiger partial charge in [-0.25, -0.2) is 13.1 Å². The van der Waals surface area contributed by atoms with E-state index in [1.54, 1.807) is 0 Å². The molecule has 0 amide bonds. The number of rotatable bonds is 7. The lowest BCUT2D eigenvalue weighted by Crippen LogP contribution is -2.30. The van der Waals surface area contributed by atoms with Gasteiger partial charge in [-0.05, 0) is 38.0 Å². The van der Waals surface area contributed by atoms with Gasteiger partial charge < -0.3 is 5.11 Å². The van der Waals surface area contributed by atoms with Gasteiger partial charge in [-0.2, -0.15) is 0 Å². The fourth-order valence-corrected chi connectivity index (χ4v) is 3.34. The maximum absolute atomic E-state index is 11.5. The molecule has 1 aliphatic rings. The van der Waals surface area contributed by atoms with E-state index in [0.717, 1.165) is 19.3 Å². The summed E-state index contributed by atoms with van der Waals surface area (Å²) in [4.78, 5) is 0. The van der Waals surface area contributed by atoms with Crippen LogP contribution < -0.4 is 4.72 Å². The number of hydrogen-bond donors (Lipinski definition) is 2. The van der Waals surface area contributed by atoms with E-state index in [1.807, 2.05) is 0 Å². The quantitative estimate of drug-likeness (QED) is 0.537. The second-order valence-corrected chi connectivity index (χ2v) is 6.70. The van der Waals surface area contributed by atoms with Crippen molar-refractivity contribution in [2.75, 3.05) is 18.2 Å². The molecule has 0 aromatic rings. The highest BCUT2D eigenvalue weighted by atomic mass is 35.5. The highest BCUT2D eigenvalue weighted by Gasteiger charge is 2.23. The molecular formula is C10H20ClNO3S. The topological polar surface area (TPSA) is 66.4 Å². The van der Waals surface area contributed by atoms with Crippen molar-refractivity contribution in [3.8, 4) is 0 Å². The molecule has 1 saturated carbocycles. The zero-order valence-corrected chi connectivity index (χ0v) is 10.9. The number of alkyl halides is 1. The third kappa shape index (κ3) is 5.48. The molecule has 1 rings (SSSR count). The van der Waals surface area contributed by atoms with Crippen LogP contribution in [0.5, 0.6) is 0 Å². The third-order valence-corrected chi connectivity index (χ3v) is 4.60. The Hall–Kier alpha value is 0.160. The number of sulfonamides is 1. The smallest absolute Gasteiger partial charge is 0.211 e. The molecule has 0 heterocycles. The number of aliphatic hydroxyl groups excluding tert-OH is 1. The van der Waals surface area contributed by atoms with Gasteiger partial charge in [-0.15, -0.1) is 11.6 Å². The molecule has 0 aliphatic heterocycles. The van der Waals surface area contributed by atoms with Gasteiger partial charge in [-0.1, -0.05) is 0 Å².